The molecule has 0 spiro atoms. The molecule has 90 valence electrons. The second kappa shape index (κ2) is 3.43. The van der Waals surface area contributed by atoms with Crippen LogP contribution < -0.4 is 0 Å². The summed E-state index contributed by atoms with van der Waals surface area (Å²) in [5, 5.41) is 0. The molecule has 1 aliphatic heterocycles. The maximum absolute atomic E-state index is 12.8. The van der Waals surface area contributed by atoms with Crippen LogP contribution in [0.3, 0.4) is 0 Å². The van der Waals surface area contributed by atoms with Crippen molar-refractivity contribution in [3.8, 4) is 0 Å². The number of epoxide rings is 1. The number of hydrogen-bond donors (Lipinski definition) is 0. The summed E-state index contributed by atoms with van der Waals surface area (Å²) in [6, 6.07) is 1.47. The molecular weight excluding hydrogens is 235 g/mol. The van der Waals surface area contributed by atoms with Crippen molar-refractivity contribution in [2.24, 2.45) is 0 Å². The van der Waals surface area contributed by atoms with E-state index >= 15 is 0 Å². The van der Waals surface area contributed by atoms with Crippen LogP contribution in [-0.4, -0.2) is 27.2 Å². The van der Waals surface area contributed by atoms with Crippen molar-refractivity contribution < 1.29 is 17.9 Å². The van der Waals surface area contributed by atoms with Gasteiger partial charge in [-0.1, -0.05) is 0 Å². The molecular formula is C10H8F3N3O. The van der Waals surface area contributed by atoms with Gasteiger partial charge in [-0.2, -0.15) is 13.2 Å². The number of aromatic nitrogens is 3. The van der Waals surface area contributed by atoms with Gasteiger partial charge in [0.15, 0.2) is 0 Å². The number of rotatable bonds is 2. The van der Waals surface area contributed by atoms with Gasteiger partial charge in [-0.3, -0.25) is 4.98 Å². The number of halogens is 3. The second-order valence-corrected chi connectivity index (χ2v) is 3.86. The zero-order valence-electron chi connectivity index (χ0n) is 8.61. The zero-order valence-corrected chi connectivity index (χ0v) is 8.61. The molecule has 0 unspecified atom stereocenters. The Morgan fingerprint density at radius 1 is 1.47 bits per heavy atom. The Kier molecular flexibility index (Phi) is 2.12. The van der Waals surface area contributed by atoms with Crippen molar-refractivity contribution in [1.29, 1.82) is 0 Å². The Morgan fingerprint density at radius 2 is 2.24 bits per heavy atom. The van der Waals surface area contributed by atoms with Crippen molar-refractivity contribution in [2.75, 3.05) is 6.61 Å². The number of imidazole rings is 1. The van der Waals surface area contributed by atoms with Gasteiger partial charge in [0, 0.05) is 6.20 Å². The number of hydrogen-bond acceptors (Lipinski definition) is 3. The van der Waals surface area contributed by atoms with E-state index in [0.29, 0.717) is 17.6 Å². The van der Waals surface area contributed by atoms with E-state index in [1.165, 1.54) is 18.5 Å². The van der Waals surface area contributed by atoms with Crippen LogP contribution >= 0.6 is 0 Å². The van der Waals surface area contributed by atoms with Gasteiger partial charge >= 0.3 is 6.18 Å². The van der Waals surface area contributed by atoms with Crippen LogP contribution in [0.2, 0.25) is 0 Å². The molecule has 0 aromatic carbocycles. The third-order valence-corrected chi connectivity index (χ3v) is 2.59. The fourth-order valence-corrected chi connectivity index (χ4v) is 1.75. The first kappa shape index (κ1) is 10.5. The minimum absolute atomic E-state index is 0.145. The van der Waals surface area contributed by atoms with Crippen molar-refractivity contribution in [2.45, 2.75) is 18.8 Å². The third-order valence-electron chi connectivity index (χ3n) is 2.59. The average molecular weight is 243 g/mol. The van der Waals surface area contributed by atoms with E-state index < -0.39 is 12.0 Å². The van der Waals surface area contributed by atoms with Crippen LogP contribution in [0.25, 0.3) is 11.0 Å². The number of nitrogens with zero attached hydrogens (tertiary/aromatic N) is 3. The molecule has 1 aliphatic rings. The van der Waals surface area contributed by atoms with Crippen LogP contribution in [0, 0.1) is 0 Å². The van der Waals surface area contributed by atoms with E-state index in [1.807, 2.05) is 0 Å². The van der Waals surface area contributed by atoms with Crippen LogP contribution in [0.4, 0.5) is 13.2 Å². The normalized spacial score (nSPS) is 19.8. The summed E-state index contributed by atoms with van der Waals surface area (Å²) in [7, 11) is 0. The molecule has 17 heavy (non-hydrogen) atoms. The highest BCUT2D eigenvalue weighted by molar-refractivity contribution is 5.74. The minimum atomic E-state index is -4.46. The largest absolute Gasteiger partial charge is 0.449 e. The minimum Gasteiger partial charge on any atom is -0.371 e. The van der Waals surface area contributed by atoms with Gasteiger partial charge < -0.3 is 9.30 Å². The molecule has 0 bridgehead atoms. The zero-order chi connectivity index (χ0) is 12.0. The maximum atomic E-state index is 12.8. The molecule has 0 aliphatic carbocycles. The monoisotopic (exact) mass is 243 g/mol. The molecule has 3 heterocycles. The van der Waals surface area contributed by atoms with Crippen molar-refractivity contribution in [3.05, 3.63) is 24.3 Å². The van der Waals surface area contributed by atoms with Crippen LogP contribution in [0.1, 0.15) is 5.82 Å². The van der Waals surface area contributed by atoms with Crippen LogP contribution in [0.5, 0.6) is 0 Å². The SMILES string of the molecule is FC(F)(F)c1nc2ccncc2n1C[C@H]1CO1. The molecule has 1 fully saturated rings. The predicted molar refractivity (Wildman–Crippen MR) is 52.3 cm³/mol. The first-order valence-corrected chi connectivity index (χ1v) is 5.05. The van der Waals surface area contributed by atoms with E-state index in [4.69, 9.17) is 4.74 Å². The molecule has 7 heteroatoms. The molecule has 0 amide bonds. The van der Waals surface area contributed by atoms with E-state index in [-0.39, 0.29) is 12.6 Å². The summed E-state index contributed by atoms with van der Waals surface area (Å²) in [6.07, 6.45) is -1.80. The summed E-state index contributed by atoms with van der Waals surface area (Å²) in [5.74, 6) is -0.893. The summed E-state index contributed by atoms with van der Waals surface area (Å²) < 4.78 is 44.5. The van der Waals surface area contributed by atoms with E-state index in [2.05, 4.69) is 9.97 Å². The standard InChI is InChI=1S/C10H8F3N3O/c11-10(12,13)9-15-7-1-2-14-3-8(7)16(9)4-6-5-17-6/h1-3,6H,4-5H2/t6-/m0/s1. The molecule has 1 atom stereocenters. The third kappa shape index (κ3) is 1.86. The molecule has 3 rings (SSSR count). The lowest BCUT2D eigenvalue weighted by Crippen LogP contribution is -2.17. The maximum Gasteiger partial charge on any atom is 0.449 e. The smallest absolute Gasteiger partial charge is 0.371 e. The van der Waals surface area contributed by atoms with E-state index in [1.54, 1.807) is 0 Å². The highest BCUT2D eigenvalue weighted by atomic mass is 19.4. The van der Waals surface area contributed by atoms with Crippen LogP contribution in [-0.2, 0) is 17.5 Å². The fourth-order valence-electron chi connectivity index (χ4n) is 1.75. The summed E-state index contributed by atoms with van der Waals surface area (Å²) in [6.45, 7) is 0.661. The van der Waals surface area contributed by atoms with Gasteiger partial charge in [0.05, 0.1) is 36.5 Å². The number of ether oxygens (including phenoxy) is 1. The lowest BCUT2D eigenvalue weighted by Gasteiger charge is -2.09. The quantitative estimate of drug-likeness (QED) is 0.756. The molecule has 1 saturated heterocycles. The van der Waals surface area contributed by atoms with Crippen LogP contribution in [0.15, 0.2) is 18.5 Å². The number of alkyl halides is 3. The number of fused-ring (bicyclic) bond motifs is 1. The highest BCUT2D eigenvalue weighted by Crippen LogP contribution is 2.32. The second-order valence-electron chi connectivity index (χ2n) is 3.86. The van der Waals surface area contributed by atoms with E-state index in [9.17, 15) is 13.2 Å². The Hall–Kier alpha value is -1.63. The molecule has 2 aromatic heterocycles. The van der Waals surface area contributed by atoms with Gasteiger partial charge in [0.1, 0.15) is 0 Å². The Labute approximate surface area is 94.0 Å². The molecule has 0 radical (unpaired) electrons. The number of pyridine rings is 1. The Bertz CT molecular complexity index is 559. The Morgan fingerprint density at radius 3 is 2.88 bits per heavy atom. The first-order chi connectivity index (χ1) is 8.05. The van der Waals surface area contributed by atoms with Gasteiger partial charge in [-0.25, -0.2) is 4.98 Å². The molecule has 0 saturated carbocycles. The molecule has 2 aromatic rings. The van der Waals surface area contributed by atoms with Gasteiger partial charge in [-0.05, 0) is 6.07 Å². The van der Waals surface area contributed by atoms with Crippen molar-refractivity contribution >= 4 is 11.0 Å². The van der Waals surface area contributed by atoms with E-state index in [0.717, 1.165) is 4.57 Å². The van der Waals surface area contributed by atoms with Crippen molar-refractivity contribution in [3.63, 3.8) is 0 Å². The predicted octanol–water partition coefficient (Wildman–Crippen LogP) is 1.85. The highest BCUT2D eigenvalue weighted by Gasteiger charge is 2.39. The fraction of sp³-hybridized carbons (Fsp3) is 0.400. The van der Waals surface area contributed by atoms with Crippen molar-refractivity contribution in [1.82, 2.24) is 14.5 Å². The summed E-state index contributed by atoms with van der Waals surface area (Å²) in [4.78, 5) is 7.43. The topological polar surface area (TPSA) is 43.2 Å². The summed E-state index contributed by atoms with van der Waals surface area (Å²) >= 11 is 0. The van der Waals surface area contributed by atoms with Gasteiger partial charge in [-0.15, -0.1) is 0 Å². The van der Waals surface area contributed by atoms with Gasteiger partial charge in [0.2, 0.25) is 5.82 Å². The molecule has 4 nitrogen and oxygen atoms in total. The Balaban J connectivity index is 2.17. The lowest BCUT2D eigenvalue weighted by molar-refractivity contribution is -0.147. The summed E-state index contributed by atoms with van der Waals surface area (Å²) in [5.41, 5.74) is 0.684. The molecule has 0 N–H and O–H groups in total. The lowest BCUT2D eigenvalue weighted by atomic mass is 10.4. The average Bonchev–Trinajstić information content (AvgIpc) is 2.98. The first-order valence-electron chi connectivity index (χ1n) is 5.05. The van der Waals surface area contributed by atoms with Gasteiger partial charge in [0.25, 0.3) is 0 Å².